The van der Waals surface area contributed by atoms with Crippen LogP contribution in [0.25, 0.3) is 0 Å². The maximum atomic E-state index is 12.7. The van der Waals surface area contributed by atoms with Gasteiger partial charge in [0.2, 0.25) is 0 Å². The highest BCUT2D eigenvalue weighted by Gasteiger charge is 2.53. The molecule has 1 saturated heterocycles. The van der Waals surface area contributed by atoms with Gasteiger partial charge in [0.05, 0.1) is 31.0 Å². The number of benzene rings is 1. The molecule has 0 unspecified atom stereocenters. The first kappa shape index (κ1) is 17.4. The molecule has 6 nitrogen and oxygen atoms in total. The minimum Gasteiger partial charge on any atom is -0.405 e. The lowest BCUT2D eigenvalue weighted by molar-refractivity contribution is -0.274. The largest absolute Gasteiger partial charge is 0.573 e. The predicted molar refractivity (Wildman–Crippen MR) is 89.5 cm³/mol. The molecule has 1 saturated carbocycles. The summed E-state index contributed by atoms with van der Waals surface area (Å²) in [6, 6.07) is 5.34. The third kappa shape index (κ3) is 2.90. The normalized spacial score (nSPS) is 20.0. The second kappa shape index (κ2) is 5.91. The van der Waals surface area contributed by atoms with E-state index in [2.05, 4.69) is 14.7 Å². The number of fused-ring (bicyclic) bond motifs is 2. The maximum Gasteiger partial charge on any atom is 0.573 e. The summed E-state index contributed by atoms with van der Waals surface area (Å²) in [5.41, 5.74) is 0.895. The number of hydrogen-bond donors (Lipinski definition) is 0. The van der Waals surface area contributed by atoms with E-state index in [-0.39, 0.29) is 18.7 Å². The summed E-state index contributed by atoms with van der Waals surface area (Å²) in [5, 5.41) is 0. The van der Waals surface area contributed by atoms with E-state index in [0.717, 1.165) is 36.0 Å². The number of amides is 1. The van der Waals surface area contributed by atoms with Gasteiger partial charge in [-0.05, 0) is 25.0 Å². The van der Waals surface area contributed by atoms with E-state index >= 15 is 0 Å². The summed E-state index contributed by atoms with van der Waals surface area (Å²) in [7, 11) is 0. The summed E-state index contributed by atoms with van der Waals surface area (Å²) in [4.78, 5) is 23.2. The Bertz CT molecular complexity index is 953. The third-order valence-electron chi connectivity index (χ3n) is 5.33. The van der Waals surface area contributed by atoms with E-state index in [1.807, 2.05) is 0 Å². The van der Waals surface area contributed by atoms with Crippen molar-refractivity contribution in [3.05, 3.63) is 53.1 Å². The summed E-state index contributed by atoms with van der Waals surface area (Å²) < 4.78 is 47.7. The molecule has 2 aromatic rings. The number of likely N-dealkylation sites (tertiary alicyclic amines) is 1. The second-order valence-electron chi connectivity index (χ2n) is 7.35. The van der Waals surface area contributed by atoms with Gasteiger partial charge in [-0.15, -0.1) is 13.2 Å². The molecule has 1 spiro atoms. The van der Waals surface area contributed by atoms with E-state index in [1.165, 1.54) is 23.1 Å². The van der Waals surface area contributed by atoms with Crippen LogP contribution in [0.2, 0.25) is 0 Å². The van der Waals surface area contributed by atoms with Gasteiger partial charge >= 0.3 is 6.36 Å². The molecule has 0 atom stereocenters. The van der Waals surface area contributed by atoms with E-state index in [9.17, 15) is 18.0 Å². The van der Waals surface area contributed by atoms with Gasteiger partial charge in [0, 0.05) is 17.7 Å². The quantitative estimate of drug-likeness (QED) is 0.805. The third-order valence-corrected chi connectivity index (χ3v) is 5.33. The van der Waals surface area contributed by atoms with Gasteiger partial charge in [0.15, 0.2) is 0 Å². The summed E-state index contributed by atoms with van der Waals surface area (Å²) in [5.74, 6) is 0.237. The maximum absolute atomic E-state index is 12.7. The smallest absolute Gasteiger partial charge is 0.405 e. The molecule has 0 N–H and O–H groups in total. The molecule has 28 heavy (non-hydrogen) atoms. The zero-order valence-electron chi connectivity index (χ0n) is 14.7. The Hall–Kier alpha value is -2.68. The summed E-state index contributed by atoms with van der Waals surface area (Å²) in [6.45, 7) is 0.837. The lowest BCUT2D eigenvalue weighted by Gasteiger charge is -2.47. The second-order valence-corrected chi connectivity index (χ2v) is 7.35. The fourth-order valence-electron chi connectivity index (χ4n) is 3.75. The number of para-hydroxylation sites is 1. The minimum atomic E-state index is -4.86. The molecule has 0 radical (unpaired) electrons. The fraction of sp³-hybridized carbons (Fsp3) is 0.421. The van der Waals surface area contributed by atoms with Gasteiger partial charge in [-0.25, -0.2) is 9.97 Å². The van der Waals surface area contributed by atoms with E-state index < -0.39 is 23.6 Å². The number of hydrogen-bond acceptors (Lipinski definition) is 5. The highest BCUT2D eigenvalue weighted by Crippen LogP contribution is 2.45. The first-order valence-electron chi connectivity index (χ1n) is 8.99. The fourth-order valence-corrected chi connectivity index (χ4v) is 3.75. The predicted octanol–water partition coefficient (Wildman–Crippen LogP) is 3.13. The van der Waals surface area contributed by atoms with Crippen LogP contribution in [-0.4, -0.2) is 40.2 Å². The van der Waals surface area contributed by atoms with Crippen LogP contribution in [0.3, 0.4) is 0 Å². The van der Waals surface area contributed by atoms with Crippen molar-refractivity contribution in [1.82, 2.24) is 14.9 Å². The standard InChI is InChI=1S/C19H16F3N3O3/c20-19(21,22)28-15-4-2-1-3-12(15)17(26)25-9-18(10-25)13-7-23-16(11-5-6-11)24-14(13)8-27-18/h1-4,7,11H,5-6,8-10H2. The molecule has 1 aromatic heterocycles. The van der Waals surface area contributed by atoms with Crippen LogP contribution >= 0.6 is 0 Å². The van der Waals surface area contributed by atoms with Crippen molar-refractivity contribution in [2.24, 2.45) is 0 Å². The van der Waals surface area contributed by atoms with Crippen molar-refractivity contribution in [2.75, 3.05) is 13.1 Å². The topological polar surface area (TPSA) is 64.5 Å². The molecule has 1 aromatic carbocycles. The highest BCUT2D eigenvalue weighted by atomic mass is 19.4. The number of aromatic nitrogens is 2. The molecule has 2 aliphatic heterocycles. The van der Waals surface area contributed by atoms with Crippen LogP contribution in [0.1, 0.15) is 46.2 Å². The molecule has 1 aliphatic carbocycles. The van der Waals surface area contributed by atoms with Crippen LogP contribution in [0.5, 0.6) is 5.75 Å². The Labute approximate surface area is 158 Å². The molecule has 1 amide bonds. The van der Waals surface area contributed by atoms with Gasteiger partial charge in [-0.1, -0.05) is 12.1 Å². The Balaban J connectivity index is 1.34. The van der Waals surface area contributed by atoms with Crippen molar-refractivity contribution in [1.29, 1.82) is 0 Å². The SMILES string of the molecule is O=C(c1ccccc1OC(F)(F)F)N1CC2(C1)OCc1nc(C3CC3)ncc12. The van der Waals surface area contributed by atoms with Crippen LogP contribution in [-0.2, 0) is 16.9 Å². The highest BCUT2D eigenvalue weighted by molar-refractivity contribution is 5.97. The summed E-state index contributed by atoms with van der Waals surface area (Å²) in [6.07, 6.45) is -0.888. The molecule has 3 aliphatic rings. The molecule has 146 valence electrons. The number of carbonyl (C=O) groups is 1. The van der Waals surface area contributed by atoms with Crippen molar-refractivity contribution < 1.29 is 27.4 Å². The Morgan fingerprint density at radius 3 is 2.71 bits per heavy atom. The average Bonchev–Trinajstić information content (AvgIpc) is 3.39. The van der Waals surface area contributed by atoms with Crippen LogP contribution in [0.4, 0.5) is 13.2 Å². The van der Waals surface area contributed by atoms with Crippen molar-refractivity contribution in [3.8, 4) is 5.75 Å². The zero-order valence-corrected chi connectivity index (χ0v) is 14.7. The number of nitrogens with zero attached hydrogens (tertiary/aromatic N) is 3. The zero-order chi connectivity index (χ0) is 19.5. The van der Waals surface area contributed by atoms with Gasteiger partial charge in [-0.2, -0.15) is 0 Å². The van der Waals surface area contributed by atoms with Crippen LogP contribution in [0.15, 0.2) is 30.5 Å². The van der Waals surface area contributed by atoms with E-state index in [1.54, 1.807) is 6.20 Å². The molecular weight excluding hydrogens is 375 g/mol. The lowest BCUT2D eigenvalue weighted by Crippen LogP contribution is -2.61. The molecule has 5 rings (SSSR count). The van der Waals surface area contributed by atoms with Gasteiger partial charge < -0.3 is 14.4 Å². The van der Waals surface area contributed by atoms with Gasteiger partial charge in [0.1, 0.15) is 17.2 Å². The molecule has 9 heteroatoms. The summed E-state index contributed by atoms with van der Waals surface area (Å²) >= 11 is 0. The first-order valence-corrected chi connectivity index (χ1v) is 8.99. The Morgan fingerprint density at radius 1 is 1.25 bits per heavy atom. The molecule has 3 heterocycles. The number of ether oxygens (including phenoxy) is 2. The Kier molecular flexibility index (Phi) is 3.67. The van der Waals surface area contributed by atoms with Crippen molar-refractivity contribution in [3.63, 3.8) is 0 Å². The van der Waals surface area contributed by atoms with Crippen molar-refractivity contribution in [2.45, 2.75) is 37.3 Å². The molecule has 2 fully saturated rings. The lowest BCUT2D eigenvalue weighted by atomic mass is 9.87. The Morgan fingerprint density at radius 2 is 2.00 bits per heavy atom. The average molecular weight is 391 g/mol. The number of carbonyl (C=O) groups excluding carboxylic acids is 1. The van der Waals surface area contributed by atoms with Crippen LogP contribution < -0.4 is 4.74 Å². The minimum absolute atomic E-state index is 0.131. The molecular formula is C19H16F3N3O3. The monoisotopic (exact) mass is 391 g/mol. The van der Waals surface area contributed by atoms with Gasteiger partial charge in [0.25, 0.3) is 5.91 Å². The van der Waals surface area contributed by atoms with E-state index in [0.29, 0.717) is 12.5 Å². The molecule has 0 bridgehead atoms. The van der Waals surface area contributed by atoms with Crippen LogP contribution in [0, 0.1) is 0 Å². The van der Waals surface area contributed by atoms with Gasteiger partial charge in [-0.3, -0.25) is 4.79 Å². The van der Waals surface area contributed by atoms with E-state index in [4.69, 9.17) is 4.74 Å². The number of alkyl halides is 3. The first-order chi connectivity index (χ1) is 13.3. The van der Waals surface area contributed by atoms with Crippen molar-refractivity contribution >= 4 is 5.91 Å². The number of rotatable bonds is 3. The number of halogens is 3.